The number of carboxylic acids is 1. The van der Waals surface area contributed by atoms with Gasteiger partial charge >= 0.3 is 5.97 Å². The summed E-state index contributed by atoms with van der Waals surface area (Å²) in [6, 6.07) is 22.9. The third-order valence-electron chi connectivity index (χ3n) is 11.5. The lowest BCUT2D eigenvalue weighted by Crippen LogP contribution is -2.35. The van der Waals surface area contributed by atoms with Gasteiger partial charge < -0.3 is 25.2 Å². The van der Waals surface area contributed by atoms with Gasteiger partial charge in [0.1, 0.15) is 11.5 Å². The fourth-order valence-electron chi connectivity index (χ4n) is 8.36. The number of carbonyl (C=O) groups is 2. The molecule has 1 saturated carbocycles. The molecule has 0 unspecified atom stereocenters. The number of hydrogen-bond acceptors (Lipinski definition) is 7. The van der Waals surface area contributed by atoms with Gasteiger partial charge in [-0.05, 0) is 86.0 Å². The van der Waals surface area contributed by atoms with Crippen LogP contribution in [-0.2, 0) is 29.2 Å². The second kappa shape index (κ2) is 17.7. The Kier molecular flexibility index (Phi) is 12.5. The summed E-state index contributed by atoms with van der Waals surface area (Å²) in [5.74, 6) is 1.21. The normalized spacial score (nSPS) is 18.4. The van der Waals surface area contributed by atoms with Gasteiger partial charge in [-0.1, -0.05) is 65.7 Å². The van der Waals surface area contributed by atoms with E-state index in [0.29, 0.717) is 48.7 Å². The van der Waals surface area contributed by atoms with Crippen LogP contribution in [0.15, 0.2) is 72.9 Å². The van der Waals surface area contributed by atoms with Crippen LogP contribution in [0.25, 0.3) is 33.2 Å². The van der Waals surface area contributed by atoms with Gasteiger partial charge in [-0.3, -0.25) is 19.2 Å². The highest BCUT2D eigenvalue weighted by atomic mass is 35.5. The first-order chi connectivity index (χ1) is 27.1. The fourth-order valence-corrected chi connectivity index (χ4v) is 8.95. The van der Waals surface area contributed by atoms with E-state index in [4.69, 9.17) is 37.8 Å². The smallest absolute Gasteiger partial charge is 0.303 e. The minimum absolute atomic E-state index is 0.113. The number of aromatic nitrogens is 2. The number of methoxy groups -OCH3 is 2. The molecule has 4 aromatic carbocycles. The van der Waals surface area contributed by atoms with E-state index in [-0.39, 0.29) is 24.3 Å². The third kappa shape index (κ3) is 8.84. The summed E-state index contributed by atoms with van der Waals surface area (Å²) in [4.78, 5) is 25.1. The molecule has 2 heterocycles. The van der Waals surface area contributed by atoms with Gasteiger partial charge in [0.15, 0.2) is 0 Å². The van der Waals surface area contributed by atoms with Crippen molar-refractivity contribution in [1.29, 1.82) is 0 Å². The highest BCUT2D eigenvalue weighted by molar-refractivity contribution is 6.36. The first kappa shape index (κ1) is 39.6. The molecular formula is C44H49Cl2N5O5. The monoisotopic (exact) mass is 797 g/mol. The first-order valence-electron chi connectivity index (χ1n) is 19.3. The molecule has 1 aliphatic heterocycles. The van der Waals surface area contributed by atoms with E-state index in [1.807, 2.05) is 53.3 Å². The first-order valence-corrected chi connectivity index (χ1v) is 20.1. The van der Waals surface area contributed by atoms with Crippen molar-refractivity contribution in [1.82, 2.24) is 25.3 Å². The zero-order valence-corrected chi connectivity index (χ0v) is 33.6. The maximum atomic E-state index is 11.6. The average Bonchev–Trinajstić information content (AvgIpc) is 3.81. The van der Waals surface area contributed by atoms with Crippen LogP contribution in [0.5, 0.6) is 11.5 Å². The molecule has 0 radical (unpaired) electrons. The second-order valence-electron chi connectivity index (χ2n) is 15.1. The number of aliphatic carboxylic acids is 1. The lowest BCUT2D eigenvalue weighted by molar-refractivity contribution is -0.138. The predicted molar refractivity (Wildman–Crippen MR) is 222 cm³/mol. The fraction of sp³-hybridized carbons (Fsp3) is 0.386. The molecule has 1 aliphatic carbocycles. The molecule has 10 nitrogen and oxygen atoms in total. The quantitative estimate of drug-likeness (QED) is 0.0965. The summed E-state index contributed by atoms with van der Waals surface area (Å²) in [7, 11) is 5.48. The number of fused-ring (bicyclic) bond motifs is 1. The third-order valence-corrected chi connectivity index (χ3v) is 12.2. The number of carbonyl (C=O) groups excluding carboxylic acids is 1. The number of nitrogens with one attached hydrogen (secondary N) is 2. The van der Waals surface area contributed by atoms with E-state index in [1.165, 1.54) is 0 Å². The Balaban J connectivity index is 1.07. The van der Waals surface area contributed by atoms with Gasteiger partial charge in [0.05, 0.1) is 37.5 Å². The Hall–Kier alpha value is -4.61. The molecule has 12 heteroatoms. The summed E-state index contributed by atoms with van der Waals surface area (Å²) in [6.07, 6.45) is 7.41. The maximum absolute atomic E-state index is 11.6. The Morgan fingerprint density at radius 2 is 1.66 bits per heavy atom. The summed E-state index contributed by atoms with van der Waals surface area (Å²) >= 11 is 14.2. The van der Waals surface area contributed by atoms with Crippen molar-refractivity contribution >= 4 is 46.0 Å². The van der Waals surface area contributed by atoms with Crippen molar-refractivity contribution in [3.63, 3.8) is 0 Å². The Labute approximate surface area is 338 Å². The minimum atomic E-state index is -0.710. The number of ether oxygens (including phenoxy) is 2. The van der Waals surface area contributed by atoms with Crippen molar-refractivity contribution in [3.8, 4) is 33.8 Å². The molecule has 1 saturated heterocycles. The van der Waals surface area contributed by atoms with Crippen LogP contribution in [-0.4, -0.2) is 71.6 Å². The standard InChI is InChI=1S/C44H49Cl2N5O5/c1-50(33-15-10-27(11-16-33)18-43(53)54)25-31-19-38(45)30(21-41(31)56-3)26-51-39-9-5-7-35(37(39)24-48-51)36-8-4-6-34(44(36)46)28-12-13-29(40(20-28)55-2)22-47-23-32-14-17-42(52)49-32/h4-9,12-13,19-21,24,27,32-33,47H,10-11,14-18,22-23,25-26H2,1-3H3,(H,49,52)(H,53,54)/t27?,32-,33?/m0/s1. The maximum Gasteiger partial charge on any atom is 0.303 e. The van der Waals surface area contributed by atoms with Crippen LogP contribution in [0.3, 0.4) is 0 Å². The summed E-state index contributed by atoms with van der Waals surface area (Å²) in [5.41, 5.74) is 7.62. The number of amides is 1. The molecule has 3 N–H and O–H groups in total. The lowest BCUT2D eigenvalue weighted by Gasteiger charge is -2.34. The Bertz CT molecular complexity index is 2220. The van der Waals surface area contributed by atoms with Crippen molar-refractivity contribution in [2.45, 2.75) is 76.7 Å². The average molecular weight is 799 g/mol. The Morgan fingerprint density at radius 1 is 0.929 bits per heavy atom. The molecule has 2 fully saturated rings. The molecule has 5 aromatic rings. The van der Waals surface area contributed by atoms with Crippen molar-refractivity contribution < 1.29 is 24.2 Å². The van der Waals surface area contributed by atoms with E-state index < -0.39 is 5.97 Å². The number of carboxylic acid groups (broad SMARTS) is 1. The van der Waals surface area contributed by atoms with Crippen molar-refractivity contribution in [2.24, 2.45) is 5.92 Å². The molecule has 1 aromatic heterocycles. The van der Waals surface area contributed by atoms with Gasteiger partial charge in [-0.25, -0.2) is 0 Å². The van der Waals surface area contributed by atoms with Gasteiger partial charge in [0.25, 0.3) is 0 Å². The molecule has 0 bridgehead atoms. The lowest BCUT2D eigenvalue weighted by atomic mass is 9.83. The topological polar surface area (TPSA) is 118 Å². The molecule has 0 spiro atoms. The van der Waals surface area contributed by atoms with Gasteiger partial charge in [-0.15, -0.1) is 0 Å². The van der Waals surface area contributed by atoms with Crippen LogP contribution >= 0.6 is 23.2 Å². The minimum Gasteiger partial charge on any atom is -0.496 e. The van der Waals surface area contributed by atoms with E-state index >= 15 is 0 Å². The number of halogens is 2. The van der Waals surface area contributed by atoms with Crippen LogP contribution < -0.4 is 20.1 Å². The second-order valence-corrected chi connectivity index (χ2v) is 15.9. The van der Waals surface area contributed by atoms with Crippen LogP contribution in [0, 0.1) is 5.92 Å². The van der Waals surface area contributed by atoms with Gasteiger partial charge in [0.2, 0.25) is 5.91 Å². The number of benzene rings is 4. The van der Waals surface area contributed by atoms with Crippen molar-refractivity contribution in [2.75, 3.05) is 27.8 Å². The summed E-state index contributed by atoms with van der Waals surface area (Å²) in [6.45, 7) is 2.46. The van der Waals surface area contributed by atoms with E-state index in [1.54, 1.807) is 14.2 Å². The van der Waals surface area contributed by atoms with Crippen molar-refractivity contribution in [3.05, 3.63) is 99.7 Å². The highest BCUT2D eigenvalue weighted by Gasteiger charge is 2.26. The summed E-state index contributed by atoms with van der Waals surface area (Å²) < 4.78 is 13.6. The Morgan fingerprint density at radius 3 is 2.39 bits per heavy atom. The molecule has 1 amide bonds. The zero-order chi connectivity index (χ0) is 39.3. The molecule has 294 valence electrons. The van der Waals surface area contributed by atoms with E-state index in [2.05, 4.69) is 46.8 Å². The molecule has 56 heavy (non-hydrogen) atoms. The molecule has 2 aliphatic rings. The number of rotatable bonds is 15. The number of hydrogen-bond donors (Lipinski definition) is 3. The number of nitrogens with zero attached hydrogens (tertiary/aromatic N) is 3. The molecular weight excluding hydrogens is 749 g/mol. The van der Waals surface area contributed by atoms with Gasteiger partial charge in [-0.2, -0.15) is 5.10 Å². The van der Waals surface area contributed by atoms with E-state index in [9.17, 15) is 14.7 Å². The molecule has 7 rings (SSSR count). The highest BCUT2D eigenvalue weighted by Crippen LogP contribution is 2.41. The molecule has 1 atom stereocenters. The van der Waals surface area contributed by atoms with Gasteiger partial charge in [0, 0.05) is 77.2 Å². The summed E-state index contributed by atoms with van der Waals surface area (Å²) in [5, 5.41) is 22.7. The van der Waals surface area contributed by atoms with E-state index in [0.717, 1.165) is 93.5 Å². The largest absolute Gasteiger partial charge is 0.496 e. The zero-order valence-electron chi connectivity index (χ0n) is 32.1. The predicted octanol–water partition coefficient (Wildman–Crippen LogP) is 8.58. The SMILES string of the molecule is COc1cc(-c2cccc(-c3cccc4c3cnn4Cc3cc(OC)c(CN(C)C4CCC(CC(=O)O)CC4)cc3Cl)c2Cl)ccc1CNC[C@@H]1CCC(=O)N1. The van der Waals surface area contributed by atoms with Crippen LogP contribution in [0.4, 0.5) is 0 Å². The van der Waals surface area contributed by atoms with Crippen LogP contribution in [0.2, 0.25) is 10.0 Å². The van der Waals surface area contributed by atoms with Crippen LogP contribution in [0.1, 0.15) is 61.6 Å².